The van der Waals surface area contributed by atoms with Crippen LogP contribution in [0.1, 0.15) is 67.7 Å². The zero-order chi connectivity index (χ0) is 33.4. The average Bonchev–Trinajstić information content (AvgIpc) is 2.91. The first-order valence-electron chi connectivity index (χ1n) is 14.0. The molecule has 43 heavy (non-hydrogen) atoms. The van der Waals surface area contributed by atoms with Gasteiger partial charge in [0.25, 0.3) is 0 Å². The molecule has 0 fully saturated rings. The van der Waals surface area contributed by atoms with Gasteiger partial charge in [-0.3, -0.25) is 38.4 Å². The van der Waals surface area contributed by atoms with Crippen molar-refractivity contribution in [2.75, 3.05) is 6.54 Å². The van der Waals surface area contributed by atoms with Crippen molar-refractivity contribution in [2.45, 2.75) is 110 Å². The maximum absolute atomic E-state index is 12.6. The van der Waals surface area contributed by atoms with E-state index in [2.05, 4.69) is 37.2 Å². The molecule has 0 rings (SSSR count). The van der Waals surface area contributed by atoms with Crippen LogP contribution in [0.3, 0.4) is 0 Å². The van der Waals surface area contributed by atoms with Crippen LogP contribution in [0, 0.1) is 0 Å². The SMILES string of the molecule is CC(=O)N[C@@H](C)C(=O)N[C@@H](C)C(=O)N[C@@H](C)C(=O)N[C@@H](C)C(=O)N[C@@H](C)C(=O)N[C@@H](C)C(=O)N[C@@H](CCCCN)C(N)=O. The van der Waals surface area contributed by atoms with Crippen molar-refractivity contribution in [1.29, 1.82) is 0 Å². The topological polar surface area (TPSA) is 273 Å². The lowest BCUT2D eigenvalue weighted by molar-refractivity contribution is -0.134. The van der Waals surface area contributed by atoms with Crippen LogP contribution in [0.4, 0.5) is 0 Å². The van der Waals surface area contributed by atoms with Crippen molar-refractivity contribution >= 4 is 47.3 Å². The van der Waals surface area contributed by atoms with Crippen molar-refractivity contribution in [2.24, 2.45) is 11.5 Å². The van der Waals surface area contributed by atoms with E-state index >= 15 is 0 Å². The van der Waals surface area contributed by atoms with Crippen LogP contribution in [0.5, 0.6) is 0 Å². The molecule has 0 aliphatic carbocycles. The minimum atomic E-state index is -1.11. The van der Waals surface area contributed by atoms with E-state index in [1.54, 1.807) is 0 Å². The predicted molar refractivity (Wildman–Crippen MR) is 155 cm³/mol. The average molecular weight is 614 g/mol. The fraction of sp³-hybridized carbons (Fsp3) is 0.692. The smallest absolute Gasteiger partial charge is 0.242 e. The summed E-state index contributed by atoms with van der Waals surface area (Å²) in [6.07, 6.45) is 1.52. The molecule has 17 nitrogen and oxygen atoms in total. The van der Waals surface area contributed by atoms with Gasteiger partial charge in [-0.2, -0.15) is 0 Å². The Bertz CT molecular complexity index is 1040. The summed E-state index contributed by atoms with van der Waals surface area (Å²) in [6.45, 7) is 10.0. The summed E-state index contributed by atoms with van der Waals surface area (Å²) in [7, 11) is 0. The zero-order valence-electron chi connectivity index (χ0n) is 25.8. The van der Waals surface area contributed by atoms with E-state index in [-0.39, 0.29) is 0 Å². The summed E-state index contributed by atoms with van der Waals surface area (Å²) < 4.78 is 0. The van der Waals surface area contributed by atoms with Crippen molar-refractivity contribution in [1.82, 2.24) is 37.2 Å². The maximum atomic E-state index is 12.6. The Morgan fingerprint density at radius 3 is 1.02 bits per heavy atom. The monoisotopic (exact) mass is 613 g/mol. The van der Waals surface area contributed by atoms with Gasteiger partial charge >= 0.3 is 0 Å². The van der Waals surface area contributed by atoms with Gasteiger partial charge < -0.3 is 48.7 Å². The minimum Gasteiger partial charge on any atom is -0.368 e. The largest absolute Gasteiger partial charge is 0.368 e. The number of unbranched alkanes of at least 4 members (excludes halogenated alkanes) is 1. The first-order valence-corrected chi connectivity index (χ1v) is 14.0. The van der Waals surface area contributed by atoms with Crippen LogP contribution in [0.2, 0.25) is 0 Å². The Labute approximate surface area is 251 Å². The van der Waals surface area contributed by atoms with Crippen molar-refractivity contribution in [3.63, 3.8) is 0 Å². The van der Waals surface area contributed by atoms with Crippen LogP contribution in [0.25, 0.3) is 0 Å². The predicted octanol–water partition coefficient (Wildman–Crippen LogP) is -3.87. The number of rotatable bonds is 18. The van der Waals surface area contributed by atoms with Gasteiger partial charge in [-0.05, 0) is 67.3 Å². The molecule has 0 spiro atoms. The molecule has 17 heteroatoms. The molecule has 0 aromatic carbocycles. The highest BCUT2D eigenvalue weighted by atomic mass is 16.2. The number of hydrogen-bond donors (Lipinski definition) is 9. The molecule has 0 aliphatic heterocycles. The highest BCUT2D eigenvalue weighted by Gasteiger charge is 2.28. The standard InChI is InChI=1S/C26H47N9O8/c1-12(29-18(7)36)21(38)30-13(2)22(39)31-14(3)23(40)32-15(4)24(41)33-16(5)25(42)34-17(6)26(43)35-19(20(28)37)10-8-9-11-27/h12-17,19H,8-11,27H2,1-7H3,(H2,28,37)(H,29,36)(H,30,38)(H,31,39)(H,32,40)(H,33,41)(H,34,42)(H,35,43)/t12-,13-,14-,15-,16-,17-,19-/m0/s1. The van der Waals surface area contributed by atoms with Gasteiger partial charge in [0.1, 0.15) is 42.3 Å². The second kappa shape index (κ2) is 19.0. The summed E-state index contributed by atoms with van der Waals surface area (Å²) in [4.78, 5) is 97.2. The lowest BCUT2D eigenvalue weighted by Gasteiger charge is -2.23. The molecular weight excluding hydrogens is 566 g/mol. The number of amides is 8. The van der Waals surface area contributed by atoms with Gasteiger partial charge in [-0.25, -0.2) is 0 Å². The second-order valence-electron chi connectivity index (χ2n) is 10.3. The molecular formula is C26H47N9O8. The zero-order valence-corrected chi connectivity index (χ0v) is 25.8. The van der Waals surface area contributed by atoms with E-state index in [0.717, 1.165) is 0 Å². The summed E-state index contributed by atoms with van der Waals surface area (Å²) in [6, 6.07) is -7.17. The third kappa shape index (κ3) is 15.0. The first kappa shape index (κ1) is 38.7. The number of primary amides is 1. The molecule has 244 valence electrons. The van der Waals surface area contributed by atoms with E-state index in [4.69, 9.17) is 11.5 Å². The second-order valence-corrected chi connectivity index (χ2v) is 10.3. The van der Waals surface area contributed by atoms with Gasteiger partial charge in [0.15, 0.2) is 0 Å². The molecule has 0 saturated carbocycles. The Morgan fingerprint density at radius 1 is 0.488 bits per heavy atom. The highest BCUT2D eigenvalue weighted by molar-refractivity contribution is 5.96. The number of carbonyl (C=O) groups excluding carboxylic acids is 8. The molecule has 0 aromatic heterocycles. The van der Waals surface area contributed by atoms with E-state index in [1.165, 1.54) is 48.5 Å². The Hall–Kier alpha value is -4.28. The third-order valence-electron chi connectivity index (χ3n) is 6.18. The fourth-order valence-electron chi connectivity index (χ4n) is 3.47. The van der Waals surface area contributed by atoms with Gasteiger partial charge in [0.05, 0.1) is 0 Å². The van der Waals surface area contributed by atoms with E-state index in [0.29, 0.717) is 25.8 Å². The number of carbonyl (C=O) groups is 8. The molecule has 7 atom stereocenters. The summed E-state index contributed by atoms with van der Waals surface area (Å²) >= 11 is 0. The molecule has 0 aromatic rings. The Balaban J connectivity index is 4.80. The number of nitrogens with one attached hydrogen (secondary N) is 7. The van der Waals surface area contributed by atoms with E-state index in [1.807, 2.05) is 0 Å². The summed E-state index contributed by atoms with van der Waals surface area (Å²) in [5.41, 5.74) is 10.8. The quantitative estimate of drug-likeness (QED) is 0.0683. The van der Waals surface area contributed by atoms with E-state index < -0.39 is 89.6 Å². The normalized spacial score (nSPS) is 15.5. The van der Waals surface area contributed by atoms with Crippen molar-refractivity contribution in [3.05, 3.63) is 0 Å². The van der Waals surface area contributed by atoms with Gasteiger partial charge in [0, 0.05) is 6.92 Å². The molecule has 8 amide bonds. The van der Waals surface area contributed by atoms with Crippen molar-refractivity contribution in [3.8, 4) is 0 Å². The number of hydrogen-bond acceptors (Lipinski definition) is 9. The molecule has 0 heterocycles. The van der Waals surface area contributed by atoms with Gasteiger partial charge in [0.2, 0.25) is 47.3 Å². The van der Waals surface area contributed by atoms with Crippen LogP contribution >= 0.6 is 0 Å². The number of nitrogens with two attached hydrogens (primary N) is 2. The Morgan fingerprint density at radius 2 is 0.767 bits per heavy atom. The van der Waals surface area contributed by atoms with E-state index in [9.17, 15) is 38.4 Å². The van der Waals surface area contributed by atoms with Crippen LogP contribution < -0.4 is 48.7 Å². The minimum absolute atomic E-state index is 0.298. The van der Waals surface area contributed by atoms with Gasteiger partial charge in [-0.1, -0.05) is 0 Å². The van der Waals surface area contributed by atoms with Gasteiger partial charge in [-0.15, -0.1) is 0 Å². The third-order valence-corrected chi connectivity index (χ3v) is 6.18. The molecule has 0 saturated heterocycles. The van der Waals surface area contributed by atoms with Crippen LogP contribution in [0.15, 0.2) is 0 Å². The summed E-state index contributed by atoms with van der Waals surface area (Å²) in [5, 5.41) is 17.0. The Kier molecular flexibility index (Phi) is 17.1. The lowest BCUT2D eigenvalue weighted by Crippen LogP contribution is -2.58. The fourth-order valence-corrected chi connectivity index (χ4v) is 3.47. The molecule has 0 bridgehead atoms. The lowest BCUT2D eigenvalue weighted by atomic mass is 10.1. The summed E-state index contributed by atoms with van der Waals surface area (Å²) in [5.74, 6) is -5.17. The molecule has 11 N–H and O–H groups in total. The van der Waals surface area contributed by atoms with Crippen LogP contribution in [-0.2, 0) is 38.4 Å². The molecule has 0 unspecified atom stereocenters. The van der Waals surface area contributed by atoms with Crippen molar-refractivity contribution < 1.29 is 38.4 Å². The molecule has 0 aliphatic rings. The van der Waals surface area contributed by atoms with Crippen LogP contribution in [-0.4, -0.2) is 96.1 Å². The maximum Gasteiger partial charge on any atom is 0.242 e. The highest BCUT2D eigenvalue weighted by Crippen LogP contribution is 2.01. The molecule has 0 radical (unpaired) electrons. The first-order chi connectivity index (χ1) is 19.9.